The summed E-state index contributed by atoms with van der Waals surface area (Å²) >= 11 is 0. The zero-order valence-corrected chi connectivity index (χ0v) is 8.33. The van der Waals surface area contributed by atoms with Gasteiger partial charge in [0, 0.05) is 24.7 Å². The van der Waals surface area contributed by atoms with E-state index >= 15 is 0 Å². The molecule has 0 aliphatic carbocycles. The fraction of sp³-hybridized carbons (Fsp3) is 0.700. The molecule has 3 heteroatoms. The first kappa shape index (κ1) is 8.75. The van der Waals surface area contributed by atoms with Gasteiger partial charge in [-0.3, -0.25) is 0 Å². The lowest BCUT2D eigenvalue weighted by Gasteiger charge is -2.27. The topological polar surface area (TPSA) is 43.8 Å². The second-order valence-electron chi connectivity index (χ2n) is 4.02. The van der Waals surface area contributed by atoms with E-state index in [9.17, 15) is 0 Å². The first-order valence-corrected chi connectivity index (χ1v) is 4.98. The third-order valence-corrected chi connectivity index (χ3v) is 2.79. The van der Waals surface area contributed by atoms with Crippen LogP contribution in [-0.2, 0) is 6.42 Å². The molecule has 0 bridgehead atoms. The van der Waals surface area contributed by atoms with Gasteiger partial charge in [-0.25, -0.2) is 4.98 Å². The van der Waals surface area contributed by atoms with Gasteiger partial charge in [-0.2, -0.15) is 0 Å². The predicted molar refractivity (Wildman–Crippen MR) is 52.6 cm³/mol. The molecule has 2 rings (SSSR count). The summed E-state index contributed by atoms with van der Waals surface area (Å²) in [6, 6.07) is 0.692. The van der Waals surface area contributed by atoms with E-state index in [0.29, 0.717) is 6.04 Å². The largest absolute Gasteiger partial charge is 0.330 e. The maximum atomic E-state index is 5.94. The van der Waals surface area contributed by atoms with Gasteiger partial charge in [-0.1, -0.05) is 0 Å². The van der Waals surface area contributed by atoms with Gasteiger partial charge >= 0.3 is 0 Å². The number of aromatic nitrogens is 2. The molecule has 1 aromatic heterocycles. The highest BCUT2D eigenvalue weighted by atomic mass is 15.1. The van der Waals surface area contributed by atoms with Gasteiger partial charge in [-0.05, 0) is 26.7 Å². The summed E-state index contributed by atoms with van der Waals surface area (Å²) in [5, 5.41) is 0. The van der Waals surface area contributed by atoms with Gasteiger partial charge in [0.1, 0.15) is 5.82 Å². The van der Waals surface area contributed by atoms with Gasteiger partial charge in [0.05, 0.1) is 5.69 Å². The number of nitrogens with zero attached hydrogens (tertiary/aromatic N) is 2. The van der Waals surface area contributed by atoms with Crippen LogP contribution in [0.2, 0.25) is 0 Å². The van der Waals surface area contributed by atoms with Gasteiger partial charge in [-0.15, -0.1) is 0 Å². The Morgan fingerprint density at radius 3 is 3.15 bits per heavy atom. The van der Waals surface area contributed by atoms with E-state index in [1.807, 2.05) is 6.92 Å². The van der Waals surface area contributed by atoms with Crippen LogP contribution in [0.1, 0.15) is 37.3 Å². The summed E-state index contributed by atoms with van der Waals surface area (Å²) < 4.78 is 2.27. The lowest BCUT2D eigenvalue weighted by molar-refractivity contribution is 0.350. The molecule has 0 spiro atoms. The smallest absolute Gasteiger partial charge is 0.109 e. The van der Waals surface area contributed by atoms with Crippen molar-refractivity contribution in [1.82, 2.24) is 9.55 Å². The van der Waals surface area contributed by atoms with Crippen LogP contribution in [0.25, 0.3) is 0 Å². The molecule has 1 aromatic rings. The van der Waals surface area contributed by atoms with Crippen molar-refractivity contribution in [1.29, 1.82) is 0 Å². The standard InChI is InChI=1S/C10H17N3/c1-7-6-13-9(8(2)11)4-3-5-10(13)12-7/h6,8-9H,3-5,11H2,1-2H3. The van der Waals surface area contributed by atoms with E-state index in [4.69, 9.17) is 5.73 Å². The van der Waals surface area contributed by atoms with E-state index in [-0.39, 0.29) is 6.04 Å². The van der Waals surface area contributed by atoms with Crippen LogP contribution in [-0.4, -0.2) is 15.6 Å². The molecule has 0 fully saturated rings. The van der Waals surface area contributed by atoms with Gasteiger partial charge in [0.2, 0.25) is 0 Å². The second kappa shape index (κ2) is 3.14. The van der Waals surface area contributed by atoms with E-state index in [2.05, 4.69) is 22.7 Å². The molecule has 0 amide bonds. The minimum absolute atomic E-state index is 0.229. The molecule has 1 aliphatic heterocycles. The molecule has 3 nitrogen and oxygen atoms in total. The molecule has 0 radical (unpaired) electrons. The maximum Gasteiger partial charge on any atom is 0.109 e. The predicted octanol–water partition coefficient (Wildman–Crippen LogP) is 1.42. The maximum absolute atomic E-state index is 5.94. The molecular weight excluding hydrogens is 162 g/mol. The molecule has 72 valence electrons. The van der Waals surface area contributed by atoms with E-state index in [1.54, 1.807) is 0 Å². The molecule has 13 heavy (non-hydrogen) atoms. The Kier molecular flexibility index (Phi) is 2.12. The normalized spacial score (nSPS) is 24.1. The molecular formula is C10H17N3. The summed E-state index contributed by atoms with van der Waals surface area (Å²) in [7, 11) is 0. The Hall–Kier alpha value is -0.830. The molecule has 0 aromatic carbocycles. The molecule has 1 aliphatic rings. The Morgan fingerprint density at radius 1 is 1.69 bits per heavy atom. The van der Waals surface area contributed by atoms with Crippen LogP contribution in [0, 0.1) is 6.92 Å². The lowest BCUT2D eigenvalue weighted by atomic mass is 9.99. The number of fused-ring (bicyclic) bond motifs is 1. The number of hydrogen-bond donors (Lipinski definition) is 1. The van der Waals surface area contributed by atoms with Crippen molar-refractivity contribution < 1.29 is 0 Å². The fourth-order valence-electron chi connectivity index (χ4n) is 2.16. The highest BCUT2D eigenvalue weighted by Gasteiger charge is 2.23. The van der Waals surface area contributed by atoms with Crippen molar-refractivity contribution in [3.8, 4) is 0 Å². The number of hydrogen-bond acceptors (Lipinski definition) is 2. The quantitative estimate of drug-likeness (QED) is 0.708. The van der Waals surface area contributed by atoms with Crippen molar-refractivity contribution in [3.63, 3.8) is 0 Å². The van der Waals surface area contributed by atoms with Crippen LogP contribution in [0.3, 0.4) is 0 Å². The Labute approximate surface area is 79.0 Å². The molecule has 2 atom stereocenters. The van der Waals surface area contributed by atoms with Crippen LogP contribution >= 0.6 is 0 Å². The SMILES string of the molecule is Cc1cn2c(n1)CCCC2C(C)N. The first-order chi connectivity index (χ1) is 6.18. The summed E-state index contributed by atoms with van der Waals surface area (Å²) in [4.78, 5) is 4.49. The molecule has 0 saturated carbocycles. The summed E-state index contributed by atoms with van der Waals surface area (Å²) in [5.74, 6) is 1.21. The van der Waals surface area contributed by atoms with Gasteiger partial charge in [0.15, 0.2) is 0 Å². The summed E-state index contributed by atoms with van der Waals surface area (Å²) in [6.07, 6.45) is 5.66. The molecule has 0 saturated heterocycles. The third kappa shape index (κ3) is 1.48. The fourth-order valence-corrected chi connectivity index (χ4v) is 2.16. The van der Waals surface area contributed by atoms with Crippen LogP contribution < -0.4 is 5.73 Å². The zero-order chi connectivity index (χ0) is 9.42. The van der Waals surface area contributed by atoms with Gasteiger partial charge < -0.3 is 10.3 Å². The Morgan fingerprint density at radius 2 is 2.46 bits per heavy atom. The summed E-state index contributed by atoms with van der Waals surface area (Å²) in [5.41, 5.74) is 7.06. The highest BCUT2D eigenvalue weighted by molar-refractivity contribution is 5.07. The average Bonchev–Trinajstić information content (AvgIpc) is 2.43. The molecule has 2 unspecified atom stereocenters. The van der Waals surface area contributed by atoms with Crippen molar-refractivity contribution >= 4 is 0 Å². The zero-order valence-electron chi connectivity index (χ0n) is 8.33. The van der Waals surface area contributed by atoms with Crippen LogP contribution in [0.5, 0.6) is 0 Å². The van der Waals surface area contributed by atoms with E-state index < -0.39 is 0 Å². The Bertz CT molecular complexity index is 301. The van der Waals surface area contributed by atoms with Crippen molar-refractivity contribution in [2.75, 3.05) is 0 Å². The lowest BCUT2D eigenvalue weighted by Crippen LogP contribution is -2.32. The van der Waals surface area contributed by atoms with Crippen molar-refractivity contribution in [2.45, 2.75) is 45.2 Å². The van der Waals surface area contributed by atoms with Crippen LogP contribution in [0.15, 0.2) is 6.20 Å². The van der Waals surface area contributed by atoms with Gasteiger partial charge in [0.25, 0.3) is 0 Å². The number of rotatable bonds is 1. The Balaban J connectivity index is 2.36. The third-order valence-electron chi connectivity index (χ3n) is 2.79. The molecule has 2 heterocycles. The van der Waals surface area contributed by atoms with E-state index in [1.165, 1.54) is 18.7 Å². The van der Waals surface area contributed by atoms with E-state index in [0.717, 1.165) is 12.1 Å². The minimum Gasteiger partial charge on any atom is -0.330 e. The first-order valence-electron chi connectivity index (χ1n) is 4.98. The number of aryl methyl sites for hydroxylation is 2. The van der Waals surface area contributed by atoms with Crippen molar-refractivity contribution in [3.05, 3.63) is 17.7 Å². The average molecular weight is 179 g/mol. The molecule has 2 N–H and O–H groups in total. The second-order valence-corrected chi connectivity index (χ2v) is 4.02. The number of imidazole rings is 1. The monoisotopic (exact) mass is 179 g/mol. The van der Waals surface area contributed by atoms with Crippen LogP contribution in [0.4, 0.5) is 0 Å². The number of nitrogens with two attached hydrogens (primary N) is 1. The van der Waals surface area contributed by atoms with Crippen molar-refractivity contribution in [2.24, 2.45) is 5.73 Å². The minimum atomic E-state index is 0.229. The summed E-state index contributed by atoms with van der Waals surface area (Å²) in [6.45, 7) is 4.12. The highest BCUT2D eigenvalue weighted by Crippen LogP contribution is 2.26.